The van der Waals surface area contributed by atoms with Crippen molar-refractivity contribution in [2.45, 2.75) is 13.8 Å². The Morgan fingerprint density at radius 3 is 1.67 bits per heavy atom. The van der Waals surface area contributed by atoms with E-state index in [1.54, 1.807) is 0 Å². The molecule has 0 radical (unpaired) electrons. The van der Waals surface area contributed by atoms with Gasteiger partial charge in [-0.25, -0.2) is 15.0 Å². The summed E-state index contributed by atoms with van der Waals surface area (Å²) in [4.78, 5) is 15.1. The van der Waals surface area contributed by atoms with E-state index in [2.05, 4.69) is 68.4 Å². The Kier molecular flexibility index (Phi) is 5.59. The molecule has 0 atom stereocenters. The lowest BCUT2D eigenvalue weighted by molar-refractivity contribution is 0.669. The van der Waals surface area contributed by atoms with Crippen LogP contribution in [-0.4, -0.2) is 15.0 Å². The number of rotatable bonds is 3. The lowest BCUT2D eigenvalue weighted by atomic mass is 9.87. The van der Waals surface area contributed by atoms with Gasteiger partial charge in [0.2, 0.25) is 0 Å². The number of benzene rings is 7. The molecule has 2 heterocycles. The maximum Gasteiger partial charge on any atom is 0.164 e. The molecule has 2 aromatic heterocycles. The Labute approximate surface area is 259 Å². The second kappa shape index (κ2) is 9.83. The fourth-order valence-corrected chi connectivity index (χ4v) is 6.96. The van der Waals surface area contributed by atoms with Crippen LogP contribution in [-0.2, 0) is 0 Å². The standard InChI is InChI=1S/C41H27N3O/c1-24-21-34-31-22-33-29-18-11-12-20-35(29)45-36(33)23-32(31)28-17-9-10-19-30(28)38(34)25(2)37(24)41-43-39(26-13-5-3-6-14-26)42-40(44-41)27-15-7-4-8-16-27/h3-23H,1-2H3. The second-order valence-corrected chi connectivity index (χ2v) is 11.7. The summed E-state index contributed by atoms with van der Waals surface area (Å²) in [7, 11) is 0. The number of furan rings is 1. The predicted molar refractivity (Wildman–Crippen MR) is 185 cm³/mol. The van der Waals surface area contributed by atoms with E-state index in [9.17, 15) is 0 Å². The van der Waals surface area contributed by atoms with Crippen molar-refractivity contribution in [1.82, 2.24) is 15.0 Å². The van der Waals surface area contributed by atoms with Crippen LogP contribution in [0.3, 0.4) is 0 Å². The van der Waals surface area contributed by atoms with Gasteiger partial charge in [-0.2, -0.15) is 0 Å². The number of fused-ring (bicyclic) bond motifs is 9. The third-order valence-electron chi connectivity index (χ3n) is 8.99. The van der Waals surface area contributed by atoms with Gasteiger partial charge >= 0.3 is 0 Å². The molecular weight excluding hydrogens is 550 g/mol. The normalized spacial score (nSPS) is 11.8. The summed E-state index contributed by atoms with van der Waals surface area (Å²) in [5, 5.41) is 9.50. The van der Waals surface area contributed by atoms with Crippen molar-refractivity contribution in [3.05, 3.63) is 139 Å². The van der Waals surface area contributed by atoms with E-state index >= 15 is 0 Å². The van der Waals surface area contributed by atoms with Crippen molar-refractivity contribution in [3.63, 3.8) is 0 Å². The van der Waals surface area contributed by atoms with Crippen LogP contribution >= 0.6 is 0 Å². The van der Waals surface area contributed by atoms with Gasteiger partial charge in [-0.3, -0.25) is 0 Å². The van der Waals surface area contributed by atoms with E-state index in [4.69, 9.17) is 19.4 Å². The Hall–Kier alpha value is -5.87. The third kappa shape index (κ3) is 3.96. The number of para-hydroxylation sites is 1. The molecule has 7 aromatic carbocycles. The van der Waals surface area contributed by atoms with Gasteiger partial charge in [-0.05, 0) is 75.5 Å². The highest BCUT2D eigenvalue weighted by molar-refractivity contribution is 6.29. The van der Waals surface area contributed by atoms with Gasteiger partial charge in [-0.15, -0.1) is 0 Å². The molecule has 0 aliphatic carbocycles. The average molecular weight is 578 g/mol. The molecule has 0 bridgehead atoms. The largest absolute Gasteiger partial charge is 0.456 e. The molecule has 0 N–H and O–H groups in total. The highest BCUT2D eigenvalue weighted by Crippen LogP contribution is 2.43. The molecule has 0 aliphatic rings. The van der Waals surface area contributed by atoms with E-state index < -0.39 is 0 Å². The van der Waals surface area contributed by atoms with Gasteiger partial charge in [0.1, 0.15) is 11.2 Å². The Bertz CT molecular complexity index is 2550. The van der Waals surface area contributed by atoms with Crippen molar-refractivity contribution >= 4 is 54.3 Å². The molecule has 0 spiro atoms. The van der Waals surface area contributed by atoms with E-state index in [-0.39, 0.29) is 0 Å². The van der Waals surface area contributed by atoms with Crippen LogP contribution < -0.4 is 0 Å². The molecule has 0 aliphatic heterocycles. The molecule has 4 heteroatoms. The summed E-state index contributed by atoms with van der Waals surface area (Å²) in [6, 6.07) is 44.1. The molecule has 4 nitrogen and oxygen atoms in total. The minimum absolute atomic E-state index is 0.663. The minimum Gasteiger partial charge on any atom is -0.456 e. The number of aromatic nitrogens is 3. The van der Waals surface area contributed by atoms with Crippen molar-refractivity contribution in [2.75, 3.05) is 0 Å². The summed E-state index contributed by atoms with van der Waals surface area (Å²) in [5.41, 5.74) is 7.06. The Balaban J connectivity index is 1.38. The first-order valence-electron chi connectivity index (χ1n) is 15.2. The van der Waals surface area contributed by atoms with Crippen LogP contribution in [0, 0.1) is 13.8 Å². The quantitative estimate of drug-likeness (QED) is 0.196. The fraction of sp³-hybridized carbons (Fsp3) is 0.0488. The van der Waals surface area contributed by atoms with E-state index in [1.807, 2.05) is 72.8 Å². The zero-order valence-corrected chi connectivity index (χ0v) is 24.9. The van der Waals surface area contributed by atoms with E-state index in [0.717, 1.165) is 49.8 Å². The maximum absolute atomic E-state index is 6.32. The van der Waals surface area contributed by atoms with Crippen molar-refractivity contribution < 1.29 is 4.42 Å². The van der Waals surface area contributed by atoms with Gasteiger partial charge in [-0.1, -0.05) is 109 Å². The second-order valence-electron chi connectivity index (χ2n) is 11.7. The van der Waals surface area contributed by atoms with Crippen LogP contribution in [0.15, 0.2) is 132 Å². The minimum atomic E-state index is 0.663. The van der Waals surface area contributed by atoms with Gasteiger partial charge in [0.25, 0.3) is 0 Å². The molecule has 9 aromatic rings. The smallest absolute Gasteiger partial charge is 0.164 e. The van der Waals surface area contributed by atoms with E-state index in [0.29, 0.717) is 17.5 Å². The van der Waals surface area contributed by atoms with Gasteiger partial charge < -0.3 is 4.42 Å². The summed E-state index contributed by atoms with van der Waals surface area (Å²) in [6.45, 7) is 4.38. The van der Waals surface area contributed by atoms with Gasteiger partial charge in [0.05, 0.1) is 0 Å². The summed E-state index contributed by atoms with van der Waals surface area (Å²) in [6.07, 6.45) is 0. The highest BCUT2D eigenvalue weighted by Gasteiger charge is 2.21. The Morgan fingerprint density at radius 1 is 0.422 bits per heavy atom. The zero-order valence-electron chi connectivity index (χ0n) is 24.9. The summed E-state index contributed by atoms with van der Waals surface area (Å²) < 4.78 is 6.32. The molecule has 0 saturated heterocycles. The first-order valence-corrected chi connectivity index (χ1v) is 15.2. The lowest BCUT2D eigenvalue weighted by Crippen LogP contribution is -2.03. The maximum atomic E-state index is 6.32. The van der Waals surface area contributed by atoms with Gasteiger partial charge in [0, 0.05) is 27.5 Å². The van der Waals surface area contributed by atoms with Crippen LogP contribution in [0.1, 0.15) is 11.1 Å². The Morgan fingerprint density at radius 2 is 0.978 bits per heavy atom. The van der Waals surface area contributed by atoms with Gasteiger partial charge in [0.15, 0.2) is 17.5 Å². The molecule has 45 heavy (non-hydrogen) atoms. The average Bonchev–Trinajstić information content (AvgIpc) is 3.46. The lowest BCUT2D eigenvalue weighted by Gasteiger charge is -2.18. The highest BCUT2D eigenvalue weighted by atomic mass is 16.3. The van der Waals surface area contributed by atoms with Crippen LogP contribution in [0.2, 0.25) is 0 Å². The van der Waals surface area contributed by atoms with Crippen molar-refractivity contribution in [2.24, 2.45) is 0 Å². The van der Waals surface area contributed by atoms with Crippen LogP contribution in [0.4, 0.5) is 0 Å². The molecule has 0 unspecified atom stereocenters. The molecular formula is C41H27N3O. The molecule has 9 rings (SSSR count). The predicted octanol–water partition coefficient (Wildman–Crippen LogP) is 10.8. The molecule has 0 saturated carbocycles. The number of hydrogen-bond donors (Lipinski definition) is 0. The number of nitrogens with zero attached hydrogens (tertiary/aromatic N) is 3. The summed E-state index contributed by atoms with van der Waals surface area (Å²) in [5.74, 6) is 2.01. The fourth-order valence-electron chi connectivity index (χ4n) is 6.96. The molecule has 0 fully saturated rings. The van der Waals surface area contributed by atoms with Crippen LogP contribution in [0.25, 0.3) is 88.4 Å². The summed E-state index contributed by atoms with van der Waals surface area (Å²) >= 11 is 0. The van der Waals surface area contributed by atoms with E-state index in [1.165, 1.54) is 32.3 Å². The zero-order chi connectivity index (χ0) is 30.1. The van der Waals surface area contributed by atoms with Crippen LogP contribution in [0.5, 0.6) is 0 Å². The SMILES string of the molecule is Cc1cc2c3cc4c(cc3c3ccccc3c2c(C)c1-c1nc(-c2ccccc2)nc(-c2ccccc2)n1)oc1ccccc14. The monoisotopic (exact) mass is 577 g/mol. The van der Waals surface area contributed by atoms with Crippen molar-refractivity contribution in [1.29, 1.82) is 0 Å². The first-order chi connectivity index (χ1) is 22.1. The first kappa shape index (κ1) is 25.6. The third-order valence-corrected chi connectivity index (χ3v) is 8.99. The molecule has 212 valence electrons. The molecule has 0 amide bonds. The van der Waals surface area contributed by atoms with Crippen molar-refractivity contribution in [3.8, 4) is 34.2 Å². The number of hydrogen-bond acceptors (Lipinski definition) is 4. The topological polar surface area (TPSA) is 51.8 Å². The number of aryl methyl sites for hydroxylation is 2.